The highest BCUT2D eigenvalue weighted by atomic mass is 16.6. The van der Waals surface area contributed by atoms with Gasteiger partial charge in [-0.1, -0.05) is 30.3 Å². The molecule has 0 aliphatic carbocycles. The lowest BCUT2D eigenvalue weighted by Gasteiger charge is -2.21. The van der Waals surface area contributed by atoms with Crippen LogP contribution in [0.25, 0.3) is 0 Å². The predicted molar refractivity (Wildman–Crippen MR) is 92.7 cm³/mol. The van der Waals surface area contributed by atoms with Crippen LogP contribution in [0.5, 0.6) is 0 Å². The van der Waals surface area contributed by atoms with Gasteiger partial charge in [-0.15, -0.1) is 0 Å². The minimum absolute atomic E-state index is 0.0192. The van der Waals surface area contributed by atoms with Crippen molar-refractivity contribution in [3.8, 4) is 0 Å². The third-order valence-electron chi connectivity index (χ3n) is 3.26. The number of hydrogen-bond acceptors (Lipinski definition) is 5. The van der Waals surface area contributed by atoms with E-state index < -0.39 is 11.7 Å². The van der Waals surface area contributed by atoms with E-state index in [1.165, 1.54) is 7.11 Å². The molecule has 134 valence electrons. The Labute approximate surface area is 143 Å². The summed E-state index contributed by atoms with van der Waals surface area (Å²) in [6.45, 7) is 6.14. The van der Waals surface area contributed by atoms with Crippen molar-refractivity contribution >= 4 is 12.1 Å². The minimum Gasteiger partial charge on any atom is -0.468 e. The first-order valence-corrected chi connectivity index (χ1v) is 8.14. The van der Waals surface area contributed by atoms with Gasteiger partial charge in [-0.2, -0.15) is 0 Å². The quantitative estimate of drug-likeness (QED) is 0.564. The fourth-order valence-corrected chi connectivity index (χ4v) is 2.16. The zero-order valence-electron chi connectivity index (χ0n) is 14.9. The summed E-state index contributed by atoms with van der Waals surface area (Å²) in [4.78, 5) is 23.0. The second-order valence-corrected chi connectivity index (χ2v) is 6.49. The molecule has 0 fully saturated rings. The Hall–Kier alpha value is -2.08. The minimum atomic E-state index is -0.501. The summed E-state index contributed by atoms with van der Waals surface area (Å²) in [5.74, 6) is -0.303. The molecule has 0 radical (unpaired) electrons. The second kappa shape index (κ2) is 9.93. The summed E-state index contributed by atoms with van der Waals surface area (Å²) >= 11 is 0. The Bertz CT molecular complexity index is 512. The molecule has 0 saturated carbocycles. The highest BCUT2D eigenvalue weighted by Crippen LogP contribution is 2.17. The van der Waals surface area contributed by atoms with E-state index in [0.717, 1.165) is 18.4 Å². The van der Waals surface area contributed by atoms with E-state index in [2.05, 4.69) is 15.4 Å². The van der Waals surface area contributed by atoms with Crippen LogP contribution in [-0.2, 0) is 14.3 Å². The topological polar surface area (TPSA) is 76.7 Å². The van der Waals surface area contributed by atoms with Gasteiger partial charge < -0.3 is 20.1 Å². The number of esters is 1. The molecule has 1 amide bonds. The highest BCUT2D eigenvalue weighted by molar-refractivity contribution is 5.71. The maximum Gasteiger partial charge on any atom is 0.407 e. The summed E-state index contributed by atoms with van der Waals surface area (Å²) in [6.07, 6.45) is 1.12. The molecule has 6 nitrogen and oxygen atoms in total. The second-order valence-electron chi connectivity index (χ2n) is 6.49. The Morgan fingerprint density at radius 3 is 2.42 bits per heavy atom. The van der Waals surface area contributed by atoms with Crippen LogP contribution >= 0.6 is 0 Å². The first-order valence-electron chi connectivity index (χ1n) is 8.14. The van der Waals surface area contributed by atoms with Gasteiger partial charge in [0.1, 0.15) is 5.60 Å². The fraction of sp³-hybridized carbons (Fsp3) is 0.556. The molecule has 0 saturated heterocycles. The van der Waals surface area contributed by atoms with Crippen molar-refractivity contribution in [3.63, 3.8) is 0 Å². The van der Waals surface area contributed by atoms with Crippen LogP contribution in [-0.4, -0.2) is 37.9 Å². The summed E-state index contributed by atoms with van der Waals surface area (Å²) in [5, 5.41) is 5.94. The first-order chi connectivity index (χ1) is 11.3. The number of rotatable bonds is 8. The van der Waals surface area contributed by atoms with Gasteiger partial charge >= 0.3 is 12.1 Å². The van der Waals surface area contributed by atoms with E-state index in [1.807, 2.05) is 51.1 Å². The summed E-state index contributed by atoms with van der Waals surface area (Å²) < 4.78 is 9.86. The van der Waals surface area contributed by atoms with Crippen LogP contribution in [0.15, 0.2) is 30.3 Å². The van der Waals surface area contributed by atoms with Gasteiger partial charge in [0.05, 0.1) is 13.7 Å². The molecule has 0 unspecified atom stereocenters. The molecule has 0 heterocycles. The maximum absolute atomic E-state index is 11.6. The van der Waals surface area contributed by atoms with E-state index in [9.17, 15) is 9.59 Å². The predicted octanol–water partition coefficient (Wildman–Crippen LogP) is 2.80. The number of methoxy groups -OCH3 is 1. The average Bonchev–Trinajstić information content (AvgIpc) is 2.53. The number of hydrogen-bond donors (Lipinski definition) is 2. The van der Waals surface area contributed by atoms with E-state index >= 15 is 0 Å². The fourth-order valence-electron chi connectivity index (χ4n) is 2.16. The number of carbonyl (C=O) groups is 2. The summed E-state index contributed by atoms with van der Waals surface area (Å²) in [7, 11) is 1.37. The lowest BCUT2D eigenvalue weighted by atomic mass is 10.0. The van der Waals surface area contributed by atoms with E-state index in [4.69, 9.17) is 4.74 Å². The normalized spacial score (nSPS) is 12.3. The Morgan fingerprint density at radius 1 is 1.17 bits per heavy atom. The number of benzene rings is 1. The van der Waals surface area contributed by atoms with Crippen LogP contribution in [0.1, 0.15) is 45.2 Å². The van der Waals surface area contributed by atoms with Crippen molar-refractivity contribution in [2.75, 3.05) is 20.2 Å². The van der Waals surface area contributed by atoms with Crippen molar-refractivity contribution in [3.05, 3.63) is 35.9 Å². The van der Waals surface area contributed by atoms with Gasteiger partial charge in [-0.25, -0.2) is 4.79 Å². The third kappa shape index (κ3) is 8.53. The monoisotopic (exact) mass is 336 g/mol. The lowest BCUT2D eigenvalue weighted by molar-refractivity contribution is -0.139. The van der Waals surface area contributed by atoms with Crippen LogP contribution in [0.3, 0.4) is 0 Å². The molecule has 1 atom stereocenters. The van der Waals surface area contributed by atoms with Gasteiger partial charge in [0.15, 0.2) is 0 Å². The third-order valence-corrected chi connectivity index (χ3v) is 3.26. The maximum atomic E-state index is 11.6. The molecule has 0 aliphatic rings. The first kappa shape index (κ1) is 20.0. The van der Waals surface area contributed by atoms with Gasteiger partial charge in [-0.3, -0.25) is 4.79 Å². The average molecular weight is 336 g/mol. The van der Waals surface area contributed by atoms with Crippen molar-refractivity contribution in [1.29, 1.82) is 0 Å². The van der Waals surface area contributed by atoms with E-state index in [1.54, 1.807) is 0 Å². The molecular formula is C18H28N2O4. The SMILES string of the molecule is COC(=O)CN[C@H](CCCNC(=O)OC(C)(C)C)c1ccccc1. The number of amides is 1. The number of alkyl carbamates (subject to hydrolysis) is 1. The van der Waals surface area contributed by atoms with Gasteiger partial charge in [-0.05, 0) is 39.2 Å². The van der Waals surface area contributed by atoms with Crippen molar-refractivity contribution in [1.82, 2.24) is 10.6 Å². The lowest BCUT2D eigenvalue weighted by Crippen LogP contribution is -2.33. The highest BCUT2D eigenvalue weighted by Gasteiger charge is 2.16. The standard InChI is InChI=1S/C18H28N2O4/c1-18(2,3)24-17(22)19-12-8-11-15(20-13-16(21)23-4)14-9-6-5-7-10-14/h5-7,9-10,15,20H,8,11-13H2,1-4H3,(H,19,22)/t15-/m1/s1. The Morgan fingerprint density at radius 2 is 1.83 bits per heavy atom. The van der Waals surface area contributed by atoms with Gasteiger partial charge in [0.2, 0.25) is 0 Å². The van der Waals surface area contributed by atoms with Crippen molar-refractivity contribution in [2.45, 2.75) is 45.3 Å². The van der Waals surface area contributed by atoms with Crippen molar-refractivity contribution in [2.24, 2.45) is 0 Å². The smallest absolute Gasteiger partial charge is 0.407 e. The van der Waals surface area contributed by atoms with Gasteiger partial charge in [0, 0.05) is 12.6 Å². The molecule has 2 N–H and O–H groups in total. The van der Waals surface area contributed by atoms with E-state index in [-0.39, 0.29) is 18.6 Å². The molecule has 24 heavy (non-hydrogen) atoms. The number of ether oxygens (including phenoxy) is 2. The zero-order chi connectivity index (χ0) is 18.0. The summed E-state index contributed by atoms with van der Waals surface area (Å²) in [5.41, 5.74) is 0.595. The molecule has 0 bridgehead atoms. The molecular weight excluding hydrogens is 308 g/mol. The summed E-state index contributed by atoms with van der Waals surface area (Å²) in [6, 6.07) is 9.91. The Balaban J connectivity index is 2.45. The van der Waals surface area contributed by atoms with E-state index in [0.29, 0.717) is 6.54 Å². The molecule has 0 spiro atoms. The van der Waals surface area contributed by atoms with Gasteiger partial charge in [0.25, 0.3) is 0 Å². The number of nitrogens with one attached hydrogen (secondary N) is 2. The Kier molecular flexibility index (Phi) is 8.26. The molecule has 1 aromatic carbocycles. The zero-order valence-corrected chi connectivity index (χ0v) is 14.9. The van der Waals surface area contributed by atoms with Crippen molar-refractivity contribution < 1.29 is 19.1 Å². The molecule has 1 aromatic rings. The molecule has 0 aliphatic heterocycles. The number of carbonyl (C=O) groups excluding carboxylic acids is 2. The molecule has 0 aromatic heterocycles. The van der Waals surface area contributed by atoms with Crippen LogP contribution in [0.2, 0.25) is 0 Å². The molecule has 1 rings (SSSR count). The van der Waals surface area contributed by atoms with Crippen LogP contribution in [0, 0.1) is 0 Å². The molecule has 6 heteroatoms. The largest absolute Gasteiger partial charge is 0.468 e. The van der Waals surface area contributed by atoms with Crippen LogP contribution in [0.4, 0.5) is 4.79 Å². The van der Waals surface area contributed by atoms with Crippen LogP contribution < -0.4 is 10.6 Å².